The second kappa shape index (κ2) is 6.69. The normalized spacial score (nSPS) is 19.6. The summed E-state index contributed by atoms with van der Waals surface area (Å²) in [5.74, 6) is -1.33. The highest BCUT2D eigenvalue weighted by molar-refractivity contribution is 5.88. The summed E-state index contributed by atoms with van der Waals surface area (Å²) >= 11 is 0. The highest BCUT2D eigenvalue weighted by atomic mass is 16.6. The molecule has 7 nitrogen and oxygen atoms in total. The molecule has 114 valence electrons. The van der Waals surface area contributed by atoms with Gasteiger partial charge in [0, 0.05) is 13.0 Å². The van der Waals surface area contributed by atoms with Crippen LogP contribution in [0.25, 0.3) is 0 Å². The van der Waals surface area contributed by atoms with Crippen LogP contribution in [0.1, 0.15) is 33.6 Å². The number of nitrogens with zero attached hydrogens (tertiary/aromatic N) is 1. The average Bonchev–Trinajstić information content (AvgIpc) is 2.33. The number of hydrogen-bond donors (Lipinski definition) is 1. The molecular weight excluding hydrogens is 264 g/mol. The van der Waals surface area contributed by atoms with Crippen molar-refractivity contribution in [3.05, 3.63) is 0 Å². The van der Waals surface area contributed by atoms with Crippen LogP contribution in [0.15, 0.2) is 0 Å². The minimum Gasteiger partial charge on any atom is -0.460 e. The van der Waals surface area contributed by atoms with Gasteiger partial charge in [0.1, 0.15) is 11.6 Å². The molecule has 0 bridgehead atoms. The molecule has 0 aromatic carbocycles. The van der Waals surface area contributed by atoms with Gasteiger partial charge >= 0.3 is 5.97 Å². The zero-order valence-electron chi connectivity index (χ0n) is 12.2. The summed E-state index contributed by atoms with van der Waals surface area (Å²) < 4.78 is 10.3. The number of rotatable bonds is 4. The molecule has 2 amide bonds. The molecule has 1 aliphatic rings. The van der Waals surface area contributed by atoms with Gasteiger partial charge in [0.2, 0.25) is 11.8 Å². The lowest BCUT2D eigenvalue weighted by Crippen LogP contribution is -2.54. The Labute approximate surface area is 118 Å². The predicted molar refractivity (Wildman–Crippen MR) is 70.6 cm³/mol. The van der Waals surface area contributed by atoms with Crippen molar-refractivity contribution in [1.82, 2.24) is 4.90 Å². The Morgan fingerprint density at radius 2 is 1.95 bits per heavy atom. The number of nitrogens with two attached hydrogens (primary N) is 1. The highest BCUT2D eigenvalue weighted by Crippen LogP contribution is 2.12. The molecule has 2 N–H and O–H groups in total. The summed E-state index contributed by atoms with van der Waals surface area (Å²) in [4.78, 5) is 36.2. The van der Waals surface area contributed by atoms with E-state index in [2.05, 4.69) is 0 Å². The van der Waals surface area contributed by atoms with E-state index in [1.165, 1.54) is 4.90 Å². The molecule has 1 rings (SSSR count). The number of primary amides is 1. The molecule has 1 unspecified atom stereocenters. The molecule has 0 saturated carbocycles. The Morgan fingerprint density at radius 1 is 1.30 bits per heavy atom. The van der Waals surface area contributed by atoms with Gasteiger partial charge in [0.25, 0.3) is 0 Å². The summed E-state index contributed by atoms with van der Waals surface area (Å²) in [6, 6.07) is -0.755. The number of morpholine rings is 1. The number of hydrogen-bond acceptors (Lipinski definition) is 5. The van der Waals surface area contributed by atoms with Gasteiger partial charge in [-0.3, -0.25) is 14.4 Å². The van der Waals surface area contributed by atoms with Crippen LogP contribution in [0.4, 0.5) is 0 Å². The van der Waals surface area contributed by atoms with E-state index in [9.17, 15) is 14.4 Å². The molecule has 1 heterocycles. The van der Waals surface area contributed by atoms with Gasteiger partial charge in [-0.2, -0.15) is 0 Å². The Morgan fingerprint density at radius 3 is 2.50 bits per heavy atom. The maximum absolute atomic E-state index is 12.0. The topological polar surface area (TPSA) is 98.9 Å². The van der Waals surface area contributed by atoms with E-state index in [-0.39, 0.29) is 25.4 Å². The number of esters is 1. The number of amides is 2. The van der Waals surface area contributed by atoms with Crippen molar-refractivity contribution >= 4 is 17.8 Å². The van der Waals surface area contributed by atoms with Gasteiger partial charge in [-0.15, -0.1) is 0 Å². The lowest BCUT2D eigenvalue weighted by atomic mass is 10.1. The molecule has 1 aliphatic heterocycles. The van der Waals surface area contributed by atoms with E-state index >= 15 is 0 Å². The second-order valence-electron chi connectivity index (χ2n) is 5.67. The van der Waals surface area contributed by atoms with Crippen LogP contribution < -0.4 is 5.73 Å². The third-order valence-corrected chi connectivity index (χ3v) is 2.74. The number of ether oxygens (including phenoxy) is 2. The monoisotopic (exact) mass is 286 g/mol. The maximum Gasteiger partial charge on any atom is 0.306 e. The van der Waals surface area contributed by atoms with Gasteiger partial charge in [-0.1, -0.05) is 0 Å². The third-order valence-electron chi connectivity index (χ3n) is 2.74. The quantitative estimate of drug-likeness (QED) is 0.723. The Hall–Kier alpha value is -1.63. The summed E-state index contributed by atoms with van der Waals surface area (Å²) in [5, 5.41) is 0. The smallest absolute Gasteiger partial charge is 0.306 e. The van der Waals surface area contributed by atoms with E-state index < -0.39 is 23.5 Å². The predicted octanol–water partition coefficient (Wildman–Crippen LogP) is -0.179. The average molecular weight is 286 g/mol. The van der Waals surface area contributed by atoms with E-state index in [1.54, 1.807) is 20.8 Å². The fourth-order valence-electron chi connectivity index (χ4n) is 1.88. The fraction of sp³-hybridized carbons (Fsp3) is 0.769. The molecule has 0 aromatic heterocycles. The van der Waals surface area contributed by atoms with Crippen LogP contribution in [-0.4, -0.2) is 54.1 Å². The minimum atomic E-state index is -0.755. The van der Waals surface area contributed by atoms with Gasteiger partial charge in [-0.25, -0.2) is 0 Å². The van der Waals surface area contributed by atoms with Crippen molar-refractivity contribution in [3.63, 3.8) is 0 Å². The van der Waals surface area contributed by atoms with E-state index in [1.807, 2.05) is 0 Å². The molecule has 1 atom stereocenters. The standard InChI is InChI=1S/C13H22N2O5/c1-13(2,3)20-11(17)5-4-10(16)15-6-7-19-8-9(15)12(14)18/h9H,4-8H2,1-3H3,(H2,14,18). The molecular formula is C13H22N2O5. The Kier molecular flexibility index (Phi) is 5.50. The third kappa shape index (κ3) is 5.16. The van der Waals surface area contributed by atoms with Crippen LogP contribution >= 0.6 is 0 Å². The van der Waals surface area contributed by atoms with Gasteiger partial charge < -0.3 is 20.1 Å². The van der Waals surface area contributed by atoms with Crippen molar-refractivity contribution in [1.29, 1.82) is 0 Å². The first kappa shape index (κ1) is 16.4. The maximum atomic E-state index is 12.0. The second-order valence-corrected chi connectivity index (χ2v) is 5.67. The molecule has 20 heavy (non-hydrogen) atoms. The summed E-state index contributed by atoms with van der Waals surface area (Å²) in [7, 11) is 0. The van der Waals surface area contributed by atoms with Gasteiger partial charge in [-0.05, 0) is 20.8 Å². The van der Waals surface area contributed by atoms with Crippen molar-refractivity contribution in [2.45, 2.75) is 45.3 Å². The fourth-order valence-corrected chi connectivity index (χ4v) is 1.88. The van der Waals surface area contributed by atoms with Crippen LogP contribution in [0.2, 0.25) is 0 Å². The van der Waals surface area contributed by atoms with E-state index in [0.717, 1.165) is 0 Å². The summed E-state index contributed by atoms with van der Waals surface area (Å²) in [6.45, 7) is 6.06. The Balaban J connectivity index is 2.49. The summed E-state index contributed by atoms with van der Waals surface area (Å²) in [6.07, 6.45) is -0.0162. The van der Waals surface area contributed by atoms with Gasteiger partial charge in [0.05, 0.1) is 19.6 Å². The largest absolute Gasteiger partial charge is 0.460 e. The zero-order chi connectivity index (χ0) is 15.3. The first-order chi connectivity index (χ1) is 9.20. The zero-order valence-corrected chi connectivity index (χ0v) is 12.2. The number of carbonyl (C=O) groups is 3. The molecule has 1 saturated heterocycles. The molecule has 1 fully saturated rings. The van der Waals surface area contributed by atoms with E-state index in [0.29, 0.717) is 13.2 Å². The van der Waals surface area contributed by atoms with Crippen LogP contribution in [0, 0.1) is 0 Å². The van der Waals surface area contributed by atoms with Crippen molar-refractivity contribution < 1.29 is 23.9 Å². The first-order valence-electron chi connectivity index (χ1n) is 6.59. The van der Waals surface area contributed by atoms with Crippen molar-refractivity contribution in [2.24, 2.45) is 5.73 Å². The molecule has 0 radical (unpaired) electrons. The van der Waals surface area contributed by atoms with Gasteiger partial charge in [0.15, 0.2) is 0 Å². The van der Waals surface area contributed by atoms with Crippen molar-refractivity contribution in [3.8, 4) is 0 Å². The van der Waals surface area contributed by atoms with Crippen LogP contribution in [0.3, 0.4) is 0 Å². The van der Waals surface area contributed by atoms with Crippen LogP contribution in [-0.2, 0) is 23.9 Å². The molecule has 0 spiro atoms. The minimum absolute atomic E-state index is 0.00130. The first-order valence-corrected chi connectivity index (χ1v) is 6.59. The highest BCUT2D eigenvalue weighted by Gasteiger charge is 2.31. The van der Waals surface area contributed by atoms with Crippen LogP contribution in [0.5, 0.6) is 0 Å². The summed E-state index contributed by atoms with van der Waals surface area (Å²) in [5.41, 5.74) is 4.66. The number of carbonyl (C=O) groups excluding carboxylic acids is 3. The van der Waals surface area contributed by atoms with Crippen molar-refractivity contribution in [2.75, 3.05) is 19.8 Å². The SMILES string of the molecule is CC(C)(C)OC(=O)CCC(=O)N1CCOCC1C(N)=O. The lowest BCUT2D eigenvalue weighted by molar-refractivity contribution is -0.157. The molecule has 0 aliphatic carbocycles. The Bertz CT molecular complexity index is 389. The molecule has 0 aromatic rings. The lowest BCUT2D eigenvalue weighted by Gasteiger charge is -2.33. The molecule has 7 heteroatoms. The van der Waals surface area contributed by atoms with E-state index in [4.69, 9.17) is 15.2 Å².